The van der Waals surface area contributed by atoms with Crippen LogP contribution in [0.15, 0.2) is 66.9 Å². The number of amides is 1. The third-order valence-corrected chi connectivity index (χ3v) is 4.57. The first kappa shape index (κ1) is 22.1. The lowest BCUT2D eigenvalue weighted by Gasteiger charge is -2.13. The third-order valence-electron chi connectivity index (χ3n) is 4.27. The molecule has 0 fully saturated rings. The summed E-state index contributed by atoms with van der Waals surface area (Å²) in [5, 5.41) is 2.71. The minimum atomic E-state index is -0.713. The SMILES string of the molecule is COc1cc(CNC(=O)COC(=O)c2cccnc2Cl)ccc1OCc1ccccc1. The molecule has 0 bridgehead atoms. The fourth-order valence-corrected chi connectivity index (χ4v) is 2.87. The van der Waals surface area contributed by atoms with E-state index in [9.17, 15) is 9.59 Å². The van der Waals surface area contributed by atoms with Gasteiger partial charge in [0.05, 0.1) is 12.7 Å². The van der Waals surface area contributed by atoms with E-state index in [0.717, 1.165) is 11.1 Å². The molecule has 0 atom stereocenters. The molecular formula is C23H21ClN2O5. The van der Waals surface area contributed by atoms with Gasteiger partial charge in [-0.3, -0.25) is 4.79 Å². The predicted octanol–water partition coefficient (Wildman–Crippen LogP) is 3.80. The molecule has 0 aliphatic rings. The standard InChI is InChI=1S/C23H21ClN2O5/c1-29-20-12-17(9-10-19(20)30-14-16-6-3-2-4-7-16)13-26-21(27)15-31-23(28)18-8-5-11-25-22(18)24/h2-12H,13-15H2,1H3,(H,26,27). The van der Waals surface area contributed by atoms with Crippen LogP contribution in [-0.4, -0.2) is 30.6 Å². The van der Waals surface area contributed by atoms with Crippen molar-refractivity contribution in [3.63, 3.8) is 0 Å². The molecule has 7 nitrogen and oxygen atoms in total. The van der Waals surface area contributed by atoms with Crippen LogP contribution < -0.4 is 14.8 Å². The molecule has 0 spiro atoms. The smallest absolute Gasteiger partial charge is 0.341 e. The zero-order valence-electron chi connectivity index (χ0n) is 16.8. The van der Waals surface area contributed by atoms with Crippen LogP contribution in [0.1, 0.15) is 21.5 Å². The Bertz CT molecular complexity index is 1040. The first-order chi connectivity index (χ1) is 15.1. The summed E-state index contributed by atoms with van der Waals surface area (Å²) in [7, 11) is 1.55. The van der Waals surface area contributed by atoms with Crippen LogP contribution in [0, 0.1) is 0 Å². The highest BCUT2D eigenvalue weighted by Gasteiger charge is 2.14. The number of rotatable bonds is 9. The van der Waals surface area contributed by atoms with Crippen LogP contribution in [0.2, 0.25) is 5.15 Å². The Morgan fingerprint density at radius 1 is 1.00 bits per heavy atom. The number of halogens is 1. The lowest BCUT2D eigenvalue weighted by Crippen LogP contribution is -2.28. The van der Waals surface area contributed by atoms with Gasteiger partial charge in [-0.2, -0.15) is 0 Å². The van der Waals surface area contributed by atoms with Gasteiger partial charge in [0.2, 0.25) is 0 Å². The van der Waals surface area contributed by atoms with Gasteiger partial charge in [-0.1, -0.05) is 48.0 Å². The third kappa shape index (κ3) is 6.45. The van der Waals surface area contributed by atoms with Crippen molar-refractivity contribution in [1.82, 2.24) is 10.3 Å². The number of nitrogens with zero attached hydrogens (tertiary/aromatic N) is 1. The van der Waals surface area contributed by atoms with E-state index in [0.29, 0.717) is 18.1 Å². The molecule has 1 heterocycles. The molecule has 0 aliphatic heterocycles. The molecule has 8 heteroatoms. The number of carbonyl (C=O) groups excluding carboxylic acids is 2. The van der Waals surface area contributed by atoms with E-state index in [1.807, 2.05) is 36.4 Å². The number of methoxy groups -OCH3 is 1. The van der Waals surface area contributed by atoms with Gasteiger partial charge < -0.3 is 19.5 Å². The van der Waals surface area contributed by atoms with Gasteiger partial charge >= 0.3 is 5.97 Å². The van der Waals surface area contributed by atoms with Gasteiger partial charge in [-0.15, -0.1) is 0 Å². The number of hydrogen-bond acceptors (Lipinski definition) is 6. The normalized spacial score (nSPS) is 10.3. The molecule has 0 saturated heterocycles. The van der Waals surface area contributed by atoms with E-state index >= 15 is 0 Å². The van der Waals surface area contributed by atoms with Gasteiger partial charge in [0.15, 0.2) is 18.1 Å². The fraction of sp³-hybridized carbons (Fsp3) is 0.174. The van der Waals surface area contributed by atoms with Crippen molar-refractivity contribution in [2.75, 3.05) is 13.7 Å². The van der Waals surface area contributed by atoms with Gasteiger partial charge in [-0.05, 0) is 35.4 Å². The minimum Gasteiger partial charge on any atom is -0.493 e. The highest BCUT2D eigenvalue weighted by Crippen LogP contribution is 2.28. The fourth-order valence-electron chi connectivity index (χ4n) is 2.68. The van der Waals surface area contributed by atoms with E-state index < -0.39 is 18.5 Å². The van der Waals surface area contributed by atoms with Crippen molar-refractivity contribution < 1.29 is 23.8 Å². The van der Waals surface area contributed by atoms with Crippen molar-refractivity contribution in [2.45, 2.75) is 13.2 Å². The first-order valence-corrected chi connectivity index (χ1v) is 9.82. The highest BCUT2D eigenvalue weighted by molar-refractivity contribution is 6.32. The number of esters is 1. The Morgan fingerprint density at radius 3 is 2.55 bits per heavy atom. The van der Waals surface area contributed by atoms with E-state index in [1.54, 1.807) is 25.3 Å². The molecule has 3 rings (SSSR count). The number of nitrogens with one attached hydrogen (secondary N) is 1. The summed E-state index contributed by atoms with van der Waals surface area (Å²) in [5.41, 5.74) is 1.95. The van der Waals surface area contributed by atoms with Gasteiger partial charge in [0.1, 0.15) is 11.8 Å². The van der Waals surface area contributed by atoms with Gasteiger partial charge in [-0.25, -0.2) is 9.78 Å². The number of aromatic nitrogens is 1. The maximum Gasteiger partial charge on any atom is 0.341 e. The quantitative estimate of drug-likeness (QED) is 0.402. The molecule has 3 aromatic rings. The zero-order valence-corrected chi connectivity index (χ0v) is 17.6. The van der Waals surface area contributed by atoms with Crippen molar-refractivity contribution in [2.24, 2.45) is 0 Å². The molecule has 1 aromatic heterocycles. The highest BCUT2D eigenvalue weighted by atomic mass is 35.5. The van der Waals surface area contributed by atoms with E-state index in [4.69, 9.17) is 25.8 Å². The number of hydrogen-bond donors (Lipinski definition) is 1. The summed E-state index contributed by atoms with van der Waals surface area (Å²) in [6, 6.07) is 18.2. The molecule has 0 radical (unpaired) electrons. The number of carbonyl (C=O) groups is 2. The predicted molar refractivity (Wildman–Crippen MR) is 115 cm³/mol. The van der Waals surface area contributed by atoms with Gasteiger partial charge in [0.25, 0.3) is 5.91 Å². The van der Waals surface area contributed by atoms with Crippen molar-refractivity contribution >= 4 is 23.5 Å². The number of ether oxygens (including phenoxy) is 3. The molecule has 1 amide bonds. The molecule has 1 N–H and O–H groups in total. The first-order valence-electron chi connectivity index (χ1n) is 9.45. The topological polar surface area (TPSA) is 86.8 Å². The van der Waals surface area contributed by atoms with E-state index in [-0.39, 0.29) is 17.3 Å². The molecule has 160 valence electrons. The zero-order chi connectivity index (χ0) is 22.1. The van der Waals surface area contributed by atoms with Crippen LogP contribution in [0.4, 0.5) is 0 Å². The lowest BCUT2D eigenvalue weighted by atomic mass is 10.2. The van der Waals surface area contributed by atoms with Crippen molar-refractivity contribution in [1.29, 1.82) is 0 Å². The van der Waals surface area contributed by atoms with Crippen LogP contribution in [-0.2, 0) is 22.7 Å². The Morgan fingerprint density at radius 2 is 1.81 bits per heavy atom. The maximum atomic E-state index is 12.0. The van der Waals surface area contributed by atoms with E-state index in [1.165, 1.54) is 12.3 Å². The summed E-state index contributed by atoms with van der Waals surface area (Å²) < 4.78 is 16.2. The molecule has 2 aromatic carbocycles. The maximum absolute atomic E-state index is 12.0. The average molecular weight is 441 g/mol. The summed E-state index contributed by atoms with van der Waals surface area (Å²) in [5.74, 6) is -0.00407. The van der Waals surface area contributed by atoms with Crippen LogP contribution in [0.5, 0.6) is 11.5 Å². The molecule has 0 saturated carbocycles. The van der Waals surface area contributed by atoms with Gasteiger partial charge in [0, 0.05) is 12.7 Å². The second kappa shape index (κ2) is 11.0. The Balaban J connectivity index is 1.50. The Kier molecular flexibility index (Phi) is 7.84. The average Bonchev–Trinajstić information content (AvgIpc) is 2.81. The van der Waals surface area contributed by atoms with Crippen molar-refractivity contribution in [3.05, 3.63) is 88.7 Å². The molecular weight excluding hydrogens is 420 g/mol. The van der Waals surface area contributed by atoms with Crippen LogP contribution in [0.3, 0.4) is 0 Å². The summed E-state index contributed by atoms with van der Waals surface area (Å²) in [4.78, 5) is 27.8. The monoisotopic (exact) mass is 440 g/mol. The Labute approximate surface area is 184 Å². The van der Waals surface area contributed by atoms with E-state index in [2.05, 4.69) is 10.3 Å². The summed E-state index contributed by atoms with van der Waals surface area (Å²) in [6.07, 6.45) is 1.46. The number of pyridine rings is 1. The second-order valence-corrected chi connectivity index (χ2v) is 6.81. The Hall–Kier alpha value is -3.58. The largest absolute Gasteiger partial charge is 0.493 e. The van der Waals surface area contributed by atoms with Crippen molar-refractivity contribution in [3.8, 4) is 11.5 Å². The molecule has 0 aliphatic carbocycles. The minimum absolute atomic E-state index is 0.0228. The second-order valence-electron chi connectivity index (χ2n) is 6.45. The van der Waals surface area contributed by atoms with Crippen LogP contribution in [0.25, 0.3) is 0 Å². The molecule has 0 unspecified atom stereocenters. The molecule has 31 heavy (non-hydrogen) atoms. The van der Waals surface area contributed by atoms with Crippen LogP contribution >= 0.6 is 11.6 Å². The lowest BCUT2D eigenvalue weighted by molar-refractivity contribution is -0.124. The summed E-state index contributed by atoms with van der Waals surface area (Å²) in [6.45, 7) is 0.221. The number of benzene rings is 2. The summed E-state index contributed by atoms with van der Waals surface area (Å²) >= 11 is 5.84.